The molecule has 0 unspecified atom stereocenters. The van der Waals surface area contributed by atoms with Gasteiger partial charge in [-0.3, -0.25) is 4.98 Å². The molecule has 2 heterocycles. The maximum atomic E-state index is 14.4. The van der Waals surface area contributed by atoms with Crippen molar-refractivity contribution in [1.29, 1.82) is 0 Å². The maximum absolute atomic E-state index is 14.4. The summed E-state index contributed by atoms with van der Waals surface area (Å²) in [7, 11) is -4.10. The topological polar surface area (TPSA) is 123 Å². The van der Waals surface area contributed by atoms with E-state index in [9.17, 15) is 17.2 Å². The van der Waals surface area contributed by atoms with Gasteiger partial charge in [-0.1, -0.05) is 0 Å². The lowest BCUT2D eigenvalue weighted by molar-refractivity contribution is 0.301. The number of tetrazole rings is 1. The number of hydrogen-bond acceptors (Lipinski definition) is 7. The smallest absolute Gasteiger partial charge is 0.243 e. The van der Waals surface area contributed by atoms with Crippen LogP contribution >= 0.6 is 0 Å². The molecule has 0 aliphatic rings. The van der Waals surface area contributed by atoms with Gasteiger partial charge in [-0.2, -0.15) is 4.80 Å². The van der Waals surface area contributed by atoms with Gasteiger partial charge in [0, 0.05) is 12.1 Å². The summed E-state index contributed by atoms with van der Waals surface area (Å²) in [4.78, 5) is 4.57. The van der Waals surface area contributed by atoms with E-state index in [4.69, 9.17) is 5.11 Å². The van der Waals surface area contributed by atoms with Gasteiger partial charge in [-0.25, -0.2) is 21.9 Å². The van der Waals surface area contributed by atoms with Gasteiger partial charge < -0.3 is 5.11 Å². The highest BCUT2D eigenvalue weighted by molar-refractivity contribution is 7.89. The number of aliphatic hydroxyl groups excluding tert-OH is 1. The second kappa shape index (κ2) is 8.04. The Labute approximate surface area is 159 Å². The van der Waals surface area contributed by atoms with Gasteiger partial charge in [0.25, 0.3) is 0 Å². The van der Waals surface area contributed by atoms with Gasteiger partial charge in [0.1, 0.15) is 23.1 Å². The SMILES string of the molecule is Cc1cc(S(=O)(=O)NCCO)c(F)cc1-c1nnn(Cc2ccc(F)cn2)n1. The van der Waals surface area contributed by atoms with Crippen LogP contribution in [-0.4, -0.2) is 51.9 Å². The second-order valence-electron chi connectivity index (χ2n) is 5.83. The minimum atomic E-state index is -4.10. The van der Waals surface area contributed by atoms with Gasteiger partial charge in [0.2, 0.25) is 15.8 Å². The highest BCUT2D eigenvalue weighted by atomic mass is 32.2. The number of hydrogen-bond donors (Lipinski definition) is 2. The van der Waals surface area contributed by atoms with E-state index >= 15 is 0 Å². The molecule has 3 aromatic rings. The van der Waals surface area contributed by atoms with E-state index in [-0.39, 0.29) is 24.5 Å². The first-order valence-corrected chi connectivity index (χ1v) is 9.58. The van der Waals surface area contributed by atoms with Crippen molar-refractivity contribution in [1.82, 2.24) is 29.9 Å². The predicted octanol–water partition coefficient (Wildman–Crippen LogP) is 0.641. The highest BCUT2D eigenvalue weighted by Crippen LogP contribution is 2.25. The van der Waals surface area contributed by atoms with Crippen molar-refractivity contribution in [3.05, 3.63) is 53.4 Å². The number of nitrogens with one attached hydrogen (secondary N) is 1. The van der Waals surface area contributed by atoms with Crippen LogP contribution in [0.2, 0.25) is 0 Å². The van der Waals surface area contributed by atoms with E-state index in [1.54, 1.807) is 6.92 Å². The summed E-state index contributed by atoms with van der Waals surface area (Å²) in [6.07, 6.45) is 1.07. The molecule has 0 atom stereocenters. The van der Waals surface area contributed by atoms with Crippen LogP contribution in [0.3, 0.4) is 0 Å². The lowest BCUT2D eigenvalue weighted by Crippen LogP contribution is -2.27. The summed E-state index contributed by atoms with van der Waals surface area (Å²) < 4.78 is 53.6. The van der Waals surface area contributed by atoms with Crippen molar-refractivity contribution in [2.24, 2.45) is 0 Å². The molecule has 2 N–H and O–H groups in total. The molecule has 2 aromatic heterocycles. The molecule has 3 rings (SSSR count). The van der Waals surface area contributed by atoms with E-state index in [1.165, 1.54) is 16.9 Å². The third kappa shape index (κ3) is 4.35. The number of benzene rings is 1. The molecule has 0 saturated heterocycles. The summed E-state index contributed by atoms with van der Waals surface area (Å²) in [5.41, 5.74) is 1.20. The van der Waals surface area contributed by atoms with Crippen molar-refractivity contribution in [3.8, 4) is 11.4 Å². The normalized spacial score (nSPS) is 11.7. The Balaban J connectivity index is 1.87. The third-order valence-corrected chi connectivity index (χ3v) is 5.23. The van der Waals surface area contributed by atoms with Gasteiger partial charge in [-0.05, 0) is 42.0 Å². The summed E-state index contributed by atoms with van der Waals surface area (Å²) >= 11 is 0. The molecule has 0 spiro atoms. The zero-order chi connectivity index (χ0) is 20.3. The molecule has 0 radical (unpaired) electrons. The minimum Gasteiger partial charge on any atom is -0.395 e. The van der Waals surface area contributed by atoms with Gasteiger partial charge in [0.15, 0.2) is 0 Å². The minimum absolute atomic E-state index is 0.103. The monoisotopic (exact) mass is 410 g/mol. The fourth-order valence-electron chi connectivity index (χ4n) is 2.42. The first kappa shape index (κ1) is 19.9. The lowest BCUT2D eigenvalue weighted by atomic mass is 10.1. The predicted molar refractivity (Wildman–Crippen MR) is 93.5 cm³/mol. The number of pyridine rings is 1. The summed E-state index contributed by atoms with van der Waals surface area (Å²) in [5.74, 6) is -1.35. The van der Waals surface area contributed by atoms with Crippen LogP contribution in [-0.2, 0) is 16.6 Å². The fraction of sp³-hybridized carbons (Fsp3) is 0.250. The quantitative estimate of drug-likeness (QED) is 0.586. The summed E-state index contributed by atoms with van der Waals surface area (Å²) in [6.45, 7) is 1.08. The van der Waals surface area contributed by atoms with E-state index in [2.05, 4.69) is 25.1 Å². The van der Waals surface area contributed by atoms with Gasteiger partial charge >= 0.3 is 0 Å². The standard InChI is InChI=1S/C16H16F2N6O3S/c1-10-6-15(28(26,27)20-4-5-25)14(18)7-13(10)16-21-23-24(22-16)9-12-3-2-11(17)8-19-12/h2-3,6-8,20,25H,4-5,9H2,1H3. The summed E-state index contributed by atoms with van der Waals surface area (Å²) in [6, 6.07) is 4.90. The first-order chi connectivity index (χ1) is 13.3. The molecule has 9 nitrogen and oxygen atoms in total. The van der Waals surface area contributed by atoms with E-state index in [0.717, 1.165) is 18.3 Å². The molecule has 0 aliphatic carbocycles. The van der Waals surface area contributed by atoms with E-state index in [1.807, 2.05) is 0 Å². The molecular formula is C16H16F2N6O3S. The molecule has 148 valence electrons. The van der Waals surface area contributed by atoms with Crippen LogP contribution in [0.4, 0.5) is 8.78 Å². The van der Waals surface area contributed by atoms with Gasteiger partial charge in [0.05, 0.1) is 18.5 Å². The number of aliphatic hydroxyl groups is 1. The molecule has 28 heavy (non-hydrogen) atoms. The summed E-state index contributed by atoms with van der Waals surface area (Å²) in [5, 5.41) is 20.6. The van der Waals surface area contributed by atoms with Gasteiger partial charge in [-0.15, -0.1) is 10.2 Å². The largest absolute Gasteiger partial charge is 0.395 e. The average Bonchev–Trinajstić information content (AvgIpc) is 3.11. The average molecular weight is 410 g/mol. The Morgan fingerprint density at radius 2 is 2.04 bits per heavy atom. The Kier molecular flexibility index (Phi) is 5.72. The number of nitrogens with zero attached hydrogens (tertiary/aromatic N) is 5. The van der Waals surface area contributed by atoms with Crippen LogP contribution in [0, 0.1) is 18.6 Å². The fourth-order valence-corrected chi connectivity index (χ4v) is 3.59. The molecule has 1 aromatic carbocycles. The molecule has 0 amide bonds. The van der Waals surface area contributed by atoms with Crippen LogP contribution in [0.5, 0.6) is 0 Å². The molecule has 0 aliphatic heterocycles. The Morgan fingerprint density at radius 1 is 1.25 bits per heavy atom. The molecule has 0 fully saturated rings. The van der Waals surface area contributed by atoms with Crippen molar-refractivity contribution >= 4 is 10.0 Å². The Hall–Kier alpha value is -2.83. The lowest BCUT2D eigenvalue weighted by Gasteiger charge is -2.09. The number of rotatable bonds is 7. The molecule has 0 bridgehead atoms. The zero-order valence-corrected chi connectivity index (χ0v) is 15.5. The Bertz CT molecular complexity index is 1090. The van der Waals surface area contributed by atoms with Crippen molar-refractivity contribution < 1.29 is 22.3 Å². The molecular weight excluding hydrogens is 394 g/mol. The van der Waals surface area contributed by atoms with E-state index in [0.29, 0.717) is 11.3 Å². The second-order valence-corrected chi connectivity index (χ2v) is 7.57. The number of aromatic nitrogens is 5. The van der Waals surface area contributed by atoms with Crippen LogP contribution in [0.25, 0.3) is 11.4 Å². The van der Waals surface area contributed by atoms with Crippen LogP contribution < -0.4 is 4.72 Å². The van der Waals surface area contributed by atoms with Crippen molar-refractivity contribution in [2.75, 3.05) is 13.2 Å². The van der Waals surface area contributed by atoms with Crippen LogP contribution in [0.15, 0.2) is 35.4 Å². The van der Waals surface area contributed by atoms with Crippen molar-refractivity contribution in [3.63, 3.8) is 0 Å². The first-order valence-electron chi connectivity index (χ1n) is 8.09. The number of halogens is 2. The van der Waals surface area contributed by atoms with E-state index < -0.39 is 33.2 Å². The molecule has 12 heteroatoms. The zero-order valence-electron chi connectivity index (χ0n) is 14.7. The maximum Gasteiger partial charge on any atom is 0.243 e. The van der Waals surface area contributed by atoms with Crippen LogP contribution in [0.1, 0.15) is 11.3 Å². The highest BCUT2D eigenvalue weighted by Gasteiger charge is 2.22. The van der Waals surface area contributed by atoms with Crippen molar-refractivity contribution in [2.45, 2.75) is 18.4 Å². The Morgan fingerprint density at radius 3 is 2.71 bits per heavy atom. The molecule has 0 saturated carbocycles. The third-order valence-electron chi connectivity index (χ3n) is 3.76. The number of sulfonamides is 1. The number of aryl methyl sites for hydroxylation is 1.